The van der Waals surface area contributed by atoms with E-state index in [9.17, 15) is 10.2 Å². The molecule has 0 bridgehead atoms. The van der Waals surface area contributed by atoms with Gasteiger partial charge in [0.25, 0.3) is 0 Å². The van der Waals surface area contributed by atoms with Gasteiger partial charge < -0.3 is 19.0 Å². The van der Waals surface area contributed by atoms with Crippen molar-refractivity contribution >= 4 is 0 Å². The molecule has 0 fully saturated rings. The van der Waals surface area contributed by atoms with Crippen molar-refractivity contribution < 1.29 is 19.0 Å². The molecule has 18 heavy (non-hydrogen) atoms. The highest BCUT2D eigenvalue weighted by Gasteiger charge is 2.28. The quantitative estimate of drug-likeness (QED) is 0.792. The second-order valence-corrected chi connectivity index (χ2v) is 4.27. The van der Waals surface area contributed by atoms with E-state index in [2.05, 4.69) is 0 Å². The highest BCUT2D eigenvalue weighted by molar-refractivity contribution is 5.16. The first-order valence-corrected chi connectivity index (χ1v) is 6.15. The van der Waals surface area contributed by atoms with Crippen molar-refractivity contribution in [2.75, 3.05) is 13.2 Å². The second-order valence-electron chi connectivity index (χ2n) is 4.27. The van der Waals surface area contributed by atoms with E-state index in [0.717, 1.165) is 11.5 Å². The van der Waals surface area contributed by atoms with E-state index in [4.69, 9.17) is 8.83 Å². The Balaban J connectivity index is 2.25. The van der Waals surface area contributed by atoms with Crippen LogP contribution in [0.25, 0.3) is 0 Å². The zero-order chi connectivity index (χ0) is 12.8. The van der Waals surface area contributed by atoms with Crippen LogP contribution in [0.2, 0.25) is 0 Å². The molecule has 2 rings (SSSR count). The molecule has 2 N–H and O–H groups in total. The van der Waals surface area contributed by atoms with Crippen LogP contribution < -0.4 is 0 Å². The fourth-order valence-electron chi connectivity index (χ4n) is 2.37. The van der Waals surface area contributed by atoms with Gasteiger partial charge in [0.1, 0.15) is 11.5 Å². The third-order valence-electron chi connectivity index (χ3n) is 3.18. The molecular formula is C14H18O4. The fraction of sp³-hybridized carbons (Fsp3) is 0.429. The SMILES string of the molecule is OCC[C@@H](c1ccco1)[C@@H](CCO)c1ccco1. The van der Waals surface area contributed by atoms with Crippen molar-refractivity contribution in [1.82, 2.24) is 0 Å². The third-order valence-corrected chi connectivity index (χ3v) is 3.18. The van der Waals surface area contributed by atoms with Crippen molar-refractivity contribution in [3.63, 3.8) is 0 Å². The molecule has 0 saturated heterocycles. The molecular weight excluding hydrogens is 232 g/mol. The third kappa shape index (κ3) is 2.83. The van der Waals surface area contributed by atoms with E-state index >= 15 is 0 Å². The van der Waals surface area contributed by atoms with Crippen LogP contribution in [0.3, 0.4) is 0 Å². The highest BCUT2D eigenvalue weighted by atomic mass is 16.3. The van der Waals surface area contributed by atoms with Gasteiger partial charge in [-0.3, -0.25) is 0 Å². The molecule has 0 aliphatic carbocycles. The largest absolute Gasteiger partial charge is 0.469 e. The van der Waals surface area contributed by atoms with E-state index in [1.165, 1.54) is 0 Å². The van der Waals surface area contributed by atoms with Crippen LogP contribution in [-0.4, -0.2) is 23.4 Å². The number of aliphatic hydroxyl groups excluding tert-OH is 2. The lowest BCUT2D eigenvalue weighted by atomic mass is 9.83. The summed E-state index contributed by atoms with van der Waals surface area (Å²) in [6, 6.07) is 7.46. The summed E-state index contributed by atoms with van der Waals surface area (Å²) in [6.07, 6.45) is 4.41. The Kier molecular flexibility index (Phi) is 4.61. The van der Waals surface area contributed by atoms with E-state index in [0.29, 0.717) is 12.8 Å². The van der Waals surface area contributed by atoms with Crippen LogP contribution >= 0.6 is 0 Å². The number of hydrogen-bond acceptors (Lipinski definition) is 4. The Morgan fingerprint density at radius 3 is 1.56 bits per heavy atom. The van der Waals surface area contributed by atoms with Crippen LogP contribution in [0.1, 0.15) is 36.2 Å². The Bertz CT molecular complexity index is 376. The number of hydrogen-bond donors (Lipinski definition) is 2. The minimum atomic E-state index is 0.0169. The highest BCUT2D eigenvalue weighted by Crippen LogP contribution is 2.38. The fourth-order valence-corrected chi connectivity index (χ4v) is 2.37. The maximum atomic E-state index is 9.22. The maximum absolute atomic E-state index is 9.22. The average Bonchev–Trinajstić information content (AvgIpc) is 3.05. The van der Waals surface area contributed by atoms with Gasteiger partial charge in [-0.05, 0) is 37.1 Å². The molecule has 2 atom stereocenters. The molecule has 4 heteroatoms. The van der Waals surface area contributed by atoms with Crippen molar-refractivity contribution in [3.05, 3.63) is 48.3 Å². The Hall–Kier alpha value is -1.52. The van der Waals surface area contributed by atoms with Gasteiger partial charge in [-0.1, -0.05) is 0 Å². The van der Waals surface area contributed by atoms with Crippen LogP contribution in [0, 0.1) is 0 Å². The molecule has 0 unspecified atom stereocenters. The summed E-state index contributed by atoms with van der Waals surface area (Å²) in [4.78, 5) is 0. The van der Waals surface area contributed by atoms with E-state index in [1.807, 2.05) is 24.3 Å². The molecule has 2 aromatic heterocycles. The summed E-state index contributed by atoms with van der Waals surface area (Å²) in [5.74, 6) is 1.67. The van der Waals surface area contributed by atoms with Gasteiger partial charge in [-0.2, -0.15) is 0 Å². The minimum Gasteiger partial charge on any atom is -0.469 e. The van der Waals surface area contributed by atoms with E-state index in [-0.39, 0.29) is 25.0 Å². The zero-order valence-electron chi connectivity index (χ0n) is 10.2. The predicted molar refractivity (Wildman–Crippen MR) is 66.3 cm³/mol. The number of aliphatic hydroxyl groups is 2. The van der Waals surface area contributed by atoms with Crippen LogP contribution in [0.4, 0.5) is 0 Å². The van der Waals surface area contributed by atoms with Crippen molar-refractivity contribution in [3.8, 4) is 0 Å². The summed E-state index contributed by atoms with van der Waals surface area (Å²) in [7, 11) is 0. The van der Waals surface area contributed by atoms with Gasteiger partial charge in [0, 0.05) is 25.0 Å². The van der Waals surface area contributed by atoms with E-state index < -0.39 is 0 Å². The molecule has 0 aromatic carbocycles. The Labute approximate surface area is 106 Å². The van der Waals surface area contributed by atoms with Gasteiger partial charge in [0.05, 0.1) is 12.5 Å². The molecule has 4 nitrogen and oxygen atoms in total. The molecule has 0 aliphatic rings. The monoisotopic (exact) mass is 250 g/mol. The normalized spacial score (nSPS) is 14.6. The summed E-state index contributed by atoms with van der Waals surface area (Å²) in [6.45, 7) is 0.155. The van der Waals surface area contributed by atoms with Crippen LogP contribution in [0.15, 0.2) is 45.6 Å². The number of rotatable bonds is 7. The summed E-state index contributed by atoms with van der Waals surface area (Å²) < 4.78 is 10.9. The van der Waals surface area contributed by atoms with E-state index in [1.54, 1.807) is 12.5 Å². The molecule has 0 aliphatic heterocycles. The molecule has 2 aromatic rings. The Morgan fingerprint density at radius 1 is 0.833 bits per heavy atom. The molecule has 0 amide bonds. The van der Waals surface area contributed by atoms with Gasteiger partial charge in [0.2, 0.25) is 0 Å². The van der Waals surface area contributed by atoms with Crippen LogP contribution in [-0.2, 0) is 0 Å². The van der Waals surface area contributed by atoms with Crippen molar-refractivity contribution in [2.24, 2.45) is 0 Å². The van der Waals surface area contributed by atoms with Crippen molar-refractivity contribution in [1.29, 1.82) is 0 Å². The summed E-state index contributed by atoms with van der Waals surface area (Å²) in [5, 5.41) is 18.4. The molecule has 0 radical (unpaired) electrons. The first kappa shape index (κ1) is 12.9. The first-order chi connectivity index (χ1) is 8.86. The topological polar surface area (TPSA) is 66.7 Å². The summed E-state index contributed by atoms with van der Waals surface area (Å²) >= 11 is 0. The molecule has 0 spiro atoms. The molecule has 98 valence electrons. The van der Waals surface area contributed by atoms with Gasteiger partial charge >= 0.3 is 0 Å². The lowest BCUT2D eigenvalue weighted by Crippen LogP contribution is -2.13. The average molecular weight is 250 g/mol. The zero-order valence-corrected chi connectivity index (χ0v) is 10.2. The van der Waals surface area contributed by atoms with Gasteiger partial charge in [0.15, 0.2) is 0 Å². The molecule has 2 heterocycles. The standard InChI is InChI=1S/C14H18O4/c15-7-5-11(13-3-1-9-17-13)12(6-8-16)14-4-2-10-18-14/h1-4,9-12,15-16H,5-8H2/t11-,12-/m1/s1. The summed E-state index contributed by atoms with van der Waals surface area (Å²) in [5.41, 5.74) is 0. The first-order valence-electron chi connectivity index (χ1n) is 6.15. The van der Waals surface area contributed by atoms with Gasteiger partial charge in [-0.15, -0.1) is 0 Å². The lowest BCUT2D eigenvalue weighted by Gasteiger charge is -2.22. The predicted octanol–water partition coefficient (Wildman–Crippen LogP) is 2.50. The maximum Gasteiger partial charge on any atom is 0.107 e. The van der Waals surface area contributed by atoms with Crippen molar-refractivity contribution in [2.45, 2.75) is 24.7 Å². The minimum absolute atomic E-state index is 0.0169. The lowest BCUT2D eigenvalue weighted by molar-refractivity contribution is 0.220. The second kappa shape index (κ2) is 6.42. The Morgan fingerprint density at radius 2 is 1.28 bits per heavy atom. The molecule has 0 saturated carbocycles. The van der Waals surface area contributed by atoms with Crippen LogP contribution in [0.5, 0.6) is 0 Å². The van der Waals surface area contributed by atoms with Gasteiger partial charge in [-0.25, -0.2) is 0 Å². The smallest absolute Gasteiger partial charge is 0.107 e. The number of furan rings is 2.